The summed E-state index contributed by atoms with van der Waals surface area (Å²) in [5.74, 6) is 0.530. The van der Waals surface area contributed by atoms with Crippen molar-refractivity contribution in [1.29, 1.82) is 0 Å². The molecule has 2 rings (SSSR count). The molecule has 0 aliphatic carbocycles. The predicted octanol–water partition coefficient (Wildman–Crippen LogP) is 2.56. The zero-order valence-corrected chi connectivity index (χ0v) is 11.6. The smallest absolute Gasteiger partial charge is 0.252 e. The maximum Gasteiger partial charge on any atom is 0.252 e. The molecular weight excluding hydrogens is 238 g/mol. The number of hydrogen-bond donors (Lipinski definition) is 2. The zero-order valence-electron chi connectivity index (χ0n) is 11.6. The van der Waals surface area contributed by atoms with E-state index in [0.717, 1.165) is 12.1 Å². The Labute approximate surface area is 112 Å². The van der Waals surface area contributed by atoms with Crippen molar-refractivity contribution in [3.05, 3.63) is 57.0 Å². The minimum absolute atomic E-state index is 0.116. The number of anilines is 1. The van der Waals surface area contributed by atoms with E-state index in [0.29, 0.717) is 12.5 Å². The summed E-state index contributed by atoms with van der Waals surface area (Å²) in [6.45, 7) is 6.82. The van der Waals surface area contributed by atoms with Crippen LogP contribution in [-0.4, -0.2) is 9.97 Å². The monoisotopic (exact) mass is 257 g/mol. The Morgan fingerprint density at radius 1 is 1.21 bits per heavy atom. The lowest BCUT2D eigenvalue weighted by Gasteiger charge is -2.08. The molecule has 1 aromatic heterocycles. The number of aryl methyl sites for hydroxylation is 3. The summed E-state index contributed by atoms with van der Waals surface area (Å²) in [6, 6.07) is 7.85. The van der Waals surface area contributed by atoms with Gasteiger partial charge in [0.05, 0.1) is 0 Å². The molecule has 4 nitrogen and oxygen atoms in total. The van der Waals surface area contributed by atoms with Gasteiger partial charge < -0.3 is 5.32 Å². The number of aromatic amines is 1. The van der Waals surface area contributed by atoms with Crippen LogP contribution in [0.1, 0.15) is 29.3 Å². The number of rotatable bonds is 4. The molecule has 0 saturated carbocycles. The van der Waals surface area contributed by atoms with Crippen LogP contribution in [-0.2, 0) is 13.0 Å². The van der Waals surface area contributed by atoms with Crippen molar-refractivity contribution in [2.24, 2.45) is 0 Å². The van der Waals surface area contributed by atoms with Crippen LogP contribution in [0, 0.1) is 13.8 Å². The Hall–Kier alpha value is -2.10. The Kier molecular flexibility index (Phi) is 4.00. The minimum atomic E-state index is -0.116. The molecule has 19 heavy (non-hydrogen) atoms. The second-order valence-corrected chi connectivity index (χ2v) is 4.71. The average Bonchev–Trinajstić information content (AvgIpc) is 2.39. The molecule has 0 aliphatic heterocycles. The summed E-state index contributed by atoms with van der Waals surface area (Å²) >= 11 is 0. The number of H-pyrrole nitrogens is 1. The van der Waals surface area contributed by atoms with E-state index in [9.17, 15) is 4.79 Å². The third-order valence-electron chi connectivity index (χ3n) is 3.19. The van der Waals surface area contributed by atoms with E-state index in [2.05, 4.69) is 47.3 Å². The van der Waals surface area contributed by atoms with Crippen molar-refractivity contribution in [1.82, 2.24) is 9.97 Å². The molecule has 0 spiro atoms. The van der Waals surface area contributed by atoms with Crippen LogP contribution in [0.3, 0.4) is 0 Å². The summed E-state index contributed by atoms with van der Waals surface area (Å²) in [7, 11) is 0. The van der Waals surface area contributed by atoms with E-state index in [1.807, 2.05) is 6.92 Å². The van der Waals surface area contributed by atoms with Gasteiger partial charge >= 0.3 is 0 Å². The number of benzene rings is 1. The quantitative estimate of drug-likeness (QED) is 0.885. The molecule has 0 aliphatic rings. The lowest BCUT2D eigenvalue weighted by molar-refractivity contribution is 0.958. The van der Waals surface area contributed by atoms with Gasteiger partial charge in [0.2, 0.25) is 5.95 Å². The topological polar surface area (TPSA) is 57.8 Å². The van der Waals surface area contributed by atoms with E-state index in [1.165, 1.54) is 22.8 Å². The Balaban J connectivity index is 2.11. The molecule has 0 bridgehead atoms. The van der Waals surface area contributed by atoms with Crippen molar-refractivity contribution in [3.63, 3.8) is 0 Å². The molecule has 1 aromatic carbocycles. The third-order valence-corrected chi connectivity index (χ3v) is 3.19. The molecule has 0 saturated heterocycles. The van der Waals surface area contributed by atoms with Gasteiger partial charge in [0.1, 0.15) is 0 Å². The predicted molar refractivity (Wildman–Crippen MR) is 77.5 cm³/mol. The van der Waals surface area contributed by atoms with Gasteiger partial charge in [-0.2, -0.15) is 0 Å². The average molecular weight is 257 g/mol. The number of nitrogens with zero attached hydrogens (tertiary/aromatic N) is 1. The molecule has 0 amide bonds. The summed E-state index contributed by atoms with van der Waals surface area (Å²) < 4.78 is 0. The highest BCUT2D eigenvalue weighted by atomic mass is 16.1. The highest BCUT2D eigenvalue weighted by Crippen LogP contribution is 2.10. The maximum atomic E-state index is 11.4. The lowest BCUT2D eigenvalue weighted by atomic mass is 10.1. The van der Waals surface area contributed by atoms with E-state index in [-0.39, 0.29) is 5.56 Å². The fraction of sp³-hybridized carbons (Fsp3) is 0.333. The fourth-order valence-corrected chi connectivity index (χ4v) is 1.87. The molecule has 0 unspecified atom stereocenters. The highest BCUT2D eigenvalue weighted by Gasteiger charge is 2.01. The van der Waals surface area contributed by atoms with Crippen molar-refractivity contribution in [2.45, 2.75) is 33.7 Å². The first-order chi connectivity index (χ1) is 9.08. The first kappa shape index (κ1) is 13.3. The number of hydrogen-bond acceptors (Lipinski definition) is 3. The zero-order chi connectivity index (χ0) is 13.8. The second kappa shape index (κ2) is 5.69. The summed E-state index contributed by atoms with van der Waals surface area (Å²) in [5, 5.41) is 3.16. The summed E-state index contributed by atoms with van der Waals surface area (Å²) in [6.07, 6.45) is 0.752. The van der Waals surface area contributed by atoms with Gasteiger partial charge in [-0.25, -0.2) is 4.98 Å². The van der Waals surface area contributed by atoms with Crippen LogP contribution in [0.15, 0.2) is 29.1 Å². The first-order valence-electron chi connectivity index (χ1n) is 6.48. The van der Waals surface area contributed by atoms with Gasteiger partial charge in [-0.05, 0) is 37.0 Å². The van der Waals surface area contributed by atoms with Crippen molar-refractivity contribution in [3.8, 4) is 0 Å². The molecule has 0 fully saturated rings. The molecular formula is C15H19N3O. The standard InChI is InChI=1S/C15H19N3O/c1-4-13-8-14(19)18-15(17-13)16-9-12-6-5-10(2)11(3)7-12/h5-8H,4,9H2,1-3H3,(H2,16,17,18,19). The highest BCUT2D eigenvalue weighted by molar-refractivity contribution is 5.33. The van der Waals surface area contributed by atoms with Crippen LogP contribution >= 0.6 is 0 Å². The van der Waals surface area contributed by atoms with Crippen LogP contribution in [0.5, 0.6) is 0 Å². The van der Waals surface area contributed by atoms with Crippen molar-refractivity contribution < 1.29 is 0 Å². The Morgan fingerprint density at radius 3 is 2.68 bits per heavy atom. The Morgan fingerprint density at radius 2 is 2.00 bits per heavy atom. The van der Waals surface area contributed by atoms with Gasteiger partial charge in [0, 0.05) is 18.3 Å². The van der Waals surface area contributed by atoms with E-state index >= 15 is 0 Å². The fourth-order valence-electron chi connectivity index (χ4n) is 1.87. The van der Waals surface area contributed by atoms with Gasteiger partial charge in [0.15, 0.2) is 0 Å². The Bertz CT molecular complexity index is 632. The molecule has 1 heterocycles. The van der Waals surface area contributed by atoms with Gasteiger partial charge in [0.25, 0.3) is 5.56 Å². The van der Waals surface area contributed by atoms with E-state index in [4.69, 9.17) is 0 Å². The molecule has 0 atom stereocenters. The second-order valence-electron chi connectivity index (χ2n) is 4.71. The van der Waals surface area contributed by atoms with Gasteiger partial charge in [-0.3, -0.25) is 9.78 Å². The van der Waals surface area contributed by atoms with Crippen molar-refractivity contribution in [2.75, 3.05) is 5.32 Å². The number of aromatic nitrogens is 2. The molecule has 100 valence electrons. The molecule has 0 radical (unpaired) electrons. The normalized spacial score (nSPS) is 10.5. The third kappa shape index (κ3) is 3.44. The maximum absolute atomic E-state index is 11.4. The summed E-state index contributed by atoms with van der Waals surface area (Å²) in [4.78, 5) is 18.5. The first-order valence-corrected chi connectivity index (χ1v) is 6.48. The van der Waals surface area contributed by atoms with Crippen LogP contribution in [0.25, 0.3) is 0 Å². The minimum Gasteiger partial charge on any atom is -0.352 e. The van der Waals surface area contributed by atoms with Crippen molar-refractivity contribution >= 4 is 5.95 Å². The van der Waals surface area contributed by atoms with E-state index < -0.39 is 0 Å². The SMILES string of the molecule is CCc1cc(=O)[nH]c(NCc2ccc(C)c(C)c2)n1. The van der Waals surface area contributed by atoms with E-state index in [1.54, 1.807) is 0 Å². The molecule has 2 aromatic rings. The molecule has 4 heteroatoms. The largest absolute Gasteiger partial charge is 0.352 e. The van der Waals surface area contributed by atoms with Gasteiger partial charge in [-0.1, -0.05) is 25.1 Å². The van der Waals surface area contributed by atoms with Gasteiger partial charge in [-0.15, -0.1) is 0 Å². The van der Waals surface area contributed by atoms with Crippen LogP contribution < -0.4 is 10.9 Å². The van der Waals surface area contributed by atoms with Crippen LogP contribution in [0.2, 0.25) is 0 Å². The summed E-state index contributed by atoms with van der Waals surface area (Å²) in [5.41, 5.74) is 4.40. The lowest BCUT2D eigenvalue weighted by Crippen LogP contribution is -2.13. The molecule has 2 N–H and O–H groups in total. The van der Waals surface area contributed by atoms with Crippen LogP contribution in [0.4, 0.5) is 5.95 Å². The number of nitrogens with one attached hydrogen (secondary N) is 2.